The first-order valence-corrected chi connectivity index (χ1v) is 6.55. The van der Waals surface area contributed by atoms with Gasteiger partial charge in [0.25, 0.3) is 11.5 Å². The van der Waals surface area contributed by atoms with Crippen LogP contribution in [0.4, 0.5) is 5.95 Å². The Morgan fingerprint density at radius 1 is 1.35 bits per heavy atom. The maximum atomic E-state index is 12.1. The SMILES string of the molecule is Cn1ccc(C(=O)Nc2nnc3n2CCCC3)cc1=O. The monoisotopic (exact) mass is 273 g/mol. The van der Waals surface area contributed by atoms with Crippen molar-refractivity contribution in [2.75, 3.05) is 5.32 Å². The van der Waals surface area contributed by atoms with Gasteiger partial charge in [-0.15, -0.1) is 10.2 Å². The summed E-state index contributed by atoms with van der Waals surface area (Å²) in [6.45, 7) is 0.814. The van der Waals surface area contributed by atoms with Crippen molar-refractivity contribution in [1.82, 2.24) is 19.3 Å². The van der Waals surface area contributed by atoms with Crippen molar-refractivity contribution in [2.24, 2.45) is 7.05 Å². The zero-order valence-corrected chi connectivity index (χ0v) is 11.2. The molecule has 0 saturated heterocycles. The second-order valence-electron chi connectivity index (χ2n) is 4.87. The van der Waals surface area contributed by atoms with Crippen molar-refractivity contribution >= 4 is 11.9 Å². The number of hydrogen-bond acceptors (Lipinski definition) is 4. The Labute approximate surface area is 115 Å². The predicted octanol–water partition coefficient (Wildman–Crippen LogP) is 0.565. The van der Waals surface area contributed by atoms with Gasteiger partial charge < -0.3 is 4.57 Å². The highest BCUT2D eigenvalue weighted by Gasteiger charge is 2.18. The number of nitrogens with one attached hydrogen (secondary N) is 1. The van der Waals surface area contributed by atoms with E-state index >= 15 is 0 Å². The number of carbonyl (C=O) groups excluding carboxylic acids is 1. The van der Waals surface area contributed by atoms with Gasteiger partial charge in [0.05, 0.1) is 0 Å². The van der Waals surface area contributed by atoms with Crippen molar-refractivity contribution in [3.63, 3.8) is 0 Å². The number of nitrogens with zero attached hydrogens (tertiary/aromatic N) is 4. The van der Waals surface area contributed by atoms with Crippen molar-refractivity contribution < 1.29 is 4.79 Å². The molecule has 1 N–H and O–H groups in total. The third kappa shape index (κ3) is 2.22. The number of pyridine rings is 1. The molecule has 2 aromatic rings. The Morgan fingerprint density at radius 3 is 3.00 bits per heavy atom. The molecule has 0 unspecified atom stereocenters. The molecule has 7 heteroatoms. The average molecular weight is 273 g/mol. The van der Waals surface area contributed by atoms with Crippen LogP contribution in [0.3, 0.4) is 0 Å². The van der Waals surface area contributed by atoms with Crippen LogP contribution in [0.1, 0.15) is 29.0 Å². The fraction of sp³-hybridized carbons (Fsp3) is 0.385. The Kier molecular flexibility index (Phi) is 3.09. The van der Waals surface area contributed by atoms with Gasteiger partial charge in [-0.2, -0.15) is 0 Å². The minimum atomic E-state index is -0.344. The van der Waals surface area contributed by atoms with Crippen molar-refractivity contribution in [3.8, 4) is 0 Å². The number of carbonyl (C=O) groups is 1. The third-order valence-electron chi connectivity index (χ3n) is 3.45. The number of aryl methyl sites for hydroxylation is 2. The molecular weight excluding hydrogens is 258 g/mol. The lowest BCUT2D eigenvalue weighted by Crippen LogP contribution is -2.22. The van der Waals surface area contributed by atoms with E-state index in [1.807, 2.05) is 4.57 Å². The number of rotatable bonds is 2. The summed E-state index contributed by atoms with van der Waals surface area (Å²) in [6, 6.07) is 2.91. The summed E-state index contributed by atoms with van der Waals surface area (Å²) in [5.41, 5.74) is 0.0992. The zero-order chi connectivity index (χ0) is 14.1. The van der Waals surface area contributed by atoms with E-state index in [1.165, 1.54) is 10.6 Å². The van der Waals surface area contributed by atoms with E-state index in [2.05, 4.69) is 15.5 Å². The molecule has 3 heterocycles. The zero-order valence-electron chi connectivity index (χ0n) is 11.2. The molecule has 0 spiro atoms. The highest BCUT2D eigenvalue weighted by atomic mass is 16.2. The van der Waals surface area contributed by atoms with E-state index < -0.39 is 0 Å². The largest absolute Gasteiger partial charge is 0.319 e. The van der Waals surface area contributed by atoms with Crippen LogP contribution in [0.5, 0.6) is 0 Å². The van der Waals surface area contributed by atoms with Gasteiger partial charge in [0.15, 0.2) is 0 Å². The summed E-state index contributed by atoms with van der Waals surface area (Å²) < 4.78 is 3.33. The molecule has 0 bridgehead atoms. The van der Waals surface area contributed by atoms with Crippen LogP contribution in [-0.4, -0.2) is 25.2 Å². The maximum absolute atomic E-state index is 12.1. The summed E-state index contributed by atoms with van der Waals surface area (Å²) >= 11 is 0. The van der Waals surface area contributed by atoms with Gasteiger partial charge in [-0.05, 0) is 18.9 Å². The highest BCUT2D eigenvalue weighted by Crippen LogP contribution is 2.17. The number of hydrogen-bond donors (Lipinski definition) is 1. The molecule has 104 valence electrons. The minimum Gasteiger partial charge on any atom is -0.319 e. The molecule has 0 aromatic carbocycles. The van der Waals surface area contributed by atoms with Gasteiger partial charge in [0.2, 0.25) is 5.95 Å². The fourth-order valence-corrected chi connectivity index (χ4v) is 2.26. The fourth-order valence-electron chi connectivity index (χ4n) is 2.26. The molecule has 3 rings (SSSR count). The molecule has 2 aromatic heterocycles. The Morgan fingerprint density at radius 2 is 2.20 bits per heavy atom. The van der Waals surface area contributed by atoms with Gasteiger partial charge in [0.1, 0.15) is 5.82 Å². The quantitative estimate of drug-likeness (QED) is 0.867. The van der Waals surface area contributed by atoms with Crippen molar-refractivity contribution in [2.45, 2.75) is 25.8 Å². The number of fused-ring (bicyclic) bond motifs is 1. The van der Waals surface area contributed by atoms with E-state index in [-0.39, 0.29) is 11.5 Å². The highest BCUT2D eigenvalue weighted by molar-refractivity contribution is 6.03. The molecule has 0 radical (unpaired) electrons. The molecule has 7 nitrogen and oxygen atoms in total. The normalized spacial score (nSPS) is 13.8. The molecule has 0 saturated carbocycles. The van der Waals surface area contributed by atoms with Gasteiger partial charge in [-0.25, -0.2) is 0 Å². The second kappa shape index (κ2) is 4.92. The summed E-state index contributed by atoms with van der Waals surface area (Å²) in [7, 11) is 1.64. The minimum absolute atomic E-state index is 0.221. The number of aromatic nitrogens is 4. The Hall–Kier alpha value is -2.44. The van der Waals surface area contributed by atoms with Gasteiger partial charge in [-0.1, -0.05) is 0 Å². The first-order valence-electron chi connectivity index (χ1n) is 6.55. The summed E-state index contributed by atoms with van der Waals surface area (Å²) in [5.74, 6) is 1.00. The molecule has 1 amide bonds. The third-order valence-corrected chi connectivity index (χ3v) is 3.45. The van der Waals surface area contributed by atoms with E-state index in [4.69, 9.17) is 0 Å². The lowest BCUT2D eigenvalue weighted by molar-refractivity contribution is 0.102. The van der Waals surface area contributed by atoms with Crippen molar-refractivity contribution in [3.05, 3.63) is 40.1 Å². The Bertz CT molecular complexity index is 716. The lowest BCUT2D eigenvalue weighted by atomic mass is 10.2. The van der Waals surface area contributed by atoms with E-state index in [9.17, 15) is 9.59 Å². The molecule has 1 aliphatic rings. The van der Waals surface area contributed by atoms with Crippen LogP contribution in [0.15, 0.2) is 23.1 Å². The molecule has 0 aliphatic carbocycles. The molecular formula is C13H15N5O2. The topological polar surface area (TPSA) is 81.8 Å². The molecule has 0 fully saturated rings. The summed E-state index contributed by atoms with van der Waals surface area (Å²) in [6.07, 6.45) is 4.60. The smallest absolute Gasteiger partial charge is 0.258 e. The van der Waals surface area contributed by atoms with Crippen LogP contribution in [0.25, 0.3) is 0 Å². The molecule has 20 heavy (non-hydrogen) atoms. The predicted molar refractivity (Wildman–Crippen MR) is 72.6 cm³/mol. The molecule has 1 aliphatic heterocycles. The van der Waals surface area contributed by atoms with Gasteiger partial charge >= 0.3 is 0 Å². The van der Waals surface area contributed by atoms with Crippen LogP contribution in [0, 0.1) is 0 Å². The summed E-state index contributed by atoms with van der Waals surface area (Å²) in [5, 5.41) is 10.8. The van der Waals surface area contributed by atoms with Gasteiger partial charge in [0, 0.05) is 37.8 Å². The van der Waals surface area contributed by atoms with E-state index in [0.29, 0.717) is 11.5 Å². The number of amides is 1. The first-order chi connectivity index (χ1) is 9.65. The van der Waals surface area contributed by atoms with Gasteiger partial charge in [-0.3, -0.25) is 19.5 Å². The standard InChI is InChI=1S/C13H15N5O2/c1-17-7-5-9(8-11(17)19)12(20)14-13-16-15-10-4-2-3-6-18(10)13/h5,7-8H,2-4,6H2,1H3,(H,14,16,20). The van der Waals surface area contributed by atoms with Crippen LogP contribution >= 0.6 is 0 Å². The van der Waals surface area contributed by atoms with Crippen LogP contribution in [0.2, 0.25) is 0 Å². The van der Waals surface area contributed by atoms with E-state index in [0.717, 1.165) is 31.6 Å². The average Bonchev–Trinajstić information content (AvgIpc) is 2.85. The number of anilines is 1. The molecule has 0 atom stereocenters. The summed E-state index contributed by atoms with van der Waals surface area (Å²) in [4.78, 5) is 23.7. The van der Waals surface area contributed by atoms with Crippen LogP contribution < -0.4 is 10.9 Å². The van der Waals surface area contributed by atoms with Crippen molar-refractivity contribution in [1.29, 1.82) is 0 Å². The lowest BCUT2D eigenvalue weighted by Gasteiger charge is -2.14. The Balaban J connectivity index is 1.84. The van der Waals surface area contributed by atoms with Crippen LogP contribution in [-0.2, 0) is 20.0 Å². The van der Waals surface area contributed by atoms with E-state index in [1.54, 1.807) is 19.3 Å². The maximum Gasteiger partial charge on any atom is 0.258 e. The first kappa shape index (κ1) is 12.6. The second-order valence-corrected chi connectivity index (χ2v) is 4.87.